The molecular weight excluding hydrogens is 1230 g/mol. The van der Waals surface area contributed by atoms with Crippen LogP contribution < -0.4 is 32.3 Å². The predicted octanol–water partition coefficient (Wildman–Crippen LogP) is 6.60. The number of nitrogens with zero attached hydrogens (tertiary/aromatic N) is 8. The Morgan fingerprint density at radius 2 is 1.17 bits per heavy atom. The minimum atomic E-state index is -0.773. The summed E-state index contributed by atoms with van der Waals surface area (Å²) >= 11 is 12.2. The monoisotopic (exact) mass is 1300 g/mol. The maximum atomic E-state index is 10.9. The predicted molar refractivity (Wildman–Crippen MR) is 309 cm³/mol. The number of guanidine groups is 1. The largest absolute Gasteiger partial charge is 0.457 e. The van der Waals surface area contributed by atoms with Gasteiger partial charge >= 0.3 is 17.6 Å². The number of nitrogens with one attached hydrogen (secondary N) is 5. The van der Waals surface area contributed by atoms with E-state index in [1.165, 1.54) is 42.9 Å². The number of aromatic nitrogens is 2. The van der Waals surface area contributed by atoms with Crippen molar-refractivity contribution in [3.63, 3.8) is 0 Å². The Morgan fingerprint density at radius 1 is 0.704 bits per heavy atom. The van der Waals surface area contributed by atoms with Crippen molar-refractivity contribution in [3.8, 4) is 0 Å². The Balaban J connectivity index is -0.000000179. The zero-order chi connectivity index (χ0) is 52.8. The number of hydrogen-bond acceptors (Lipinski definition) is 16. The second-order valence-corrected chi connectivity index (χ2v) is 14.7. The number of amides is 2. The number of nitrogens with two attached hydrogens (primary N) is 1. The van der Waals surface area contributed by atoms with Crippen LogP contribution in [-0.2, 0) is 14.2 Å². The number of pyridine rings is 2. The molecule has 0 bridgehead atoms. The molecule has 4 rings (SSSR count). The van der Waals surface area contributed by atoms with Gasteiger partial charge in [0.1, 0.15) is 5.84 Å². The molecule has 397 valence electrons. The van der Waals surface area contributed by atoms with Crippen LogP contribution in [0.4, 0.5) is 25.8 Å². The number of halogens is 1. The second-order valence-electron chi connectivity index (χ2n) is 12.4. The molecule has 0 aliphatic heterocycles. The van der Waals surface area contributed by atoms with E-state index in [1.807, 2.05) is 76.1 Å². The Bertz CT molecular complexity index is 2250. The quantitative estimate of drug-likeness (QED) is 0.0293. The molecule has 4 aromatic rings. The molecule has 0 atom stereocenters. The van der Waals surface area contributed by atoms with Crippen molar-refractivity contribution in [2.75, 3.05) is 115 Å². The first-order valence-electron chi connectivity index (χ1n) is 20.0. The van der Waals surface area contributed by atoms with Gasteiger partial charge in [-0.2, -0.15) is 13.5 Å². The summed E-state index contributed by atoms with van der Waals surface area (Å²) in [6, 6.07) is 16.0. The van der Waals surface area contributed by atoms with Crippen LogP contribution in [0.3, 0.4) is 0 Å². The average molecular weight is 1300 g/mol. The number of fused-ring (bicyclic) bond motifs is 2. The molecule has 0 saturated carbocycles. The van der Waals surface area contributed by atoms with Gasteiger partial charge in [-0.25, -0.2) is 14.4 Å². The molecule has 0 spiro atoms. The summed E-state index contributed by atoms with van der Waals surface area (Å²) in [5.41, 5.74) is 11.0. The number of thioether (sulfide) groups is 2. The van der Waals surface area contributed by atoms with Gasteiger partial charge in [-0.05, 0) is 80.9 Å². The first kappa shape index (κ1) is 78.0. The molecule has 0 aliphatic carbocycles. The fourth-order valence-corrected chi connectivity index (χ4v) is 5.45. The van der Waals surface area contributed by atoms with Crippen LogP contribution in [0.15, 0.2) is 80.9 Å². The zero-order valence-electron chi connectivity index (χ0n) is 44.1. The first-order valence-corrected chi connectivity index (χ1v) is 23.3. The smallest absolute Gasteiger partial charge is 0.415 e. The van der Waals surface area contributed by atoms with Gasteiger partial charge in [-0.3, -0.25) is 39.7 Å². The standard InChI is InChI=1S/C13H16N4.C10H10N2.C6H12N2O2S.C6H12N2O2.C4H10N2S.C3H8N2S.C2H3ClO2.Ac.H2O.H2S/c1-9-11(17-13(14-2)15-3)7-6-10-5-4-8-16-12(9)10;1-7-9(11)5-4-8-3-2-6-12-10(7)8;1-7-5(11-4)8(2)6(9)10-3;1-5(7-2)8(3)6(9)10-4;1-5-4(6-2)7-3;1-4-3(6)5-2;1-5-2(3)4;;;/h4-8H,1-3H3,(H2,14,15,17);2-6H,11H2,1H3;1-4H3;1-4H3;1-3H3,(H,5,6);1-2H3,(H2,4,5,6);1H3;;2*1H2. The molecule has 2 aromatic heterocycles. The number of aryl methyl sites for hydroxylation is 2. The van der Waals surface area contributed by atoms with Gasteiger partial charge in [0.25, 0.3) is 0 Å². The van der Waals surface area contributed by atoms with E-state index < -0.39 is 17.6 Å². The SMILES string of the molecule is CN=C(C)N(C)C(=O)OC.CN=C(NC)Nc1ccc2cccnc2c1C.CN=C(NC)SC.CN=C(SC)N(C)C(=O)OC.CNC(=S)NC.COC(=O)Cl.Cc1c(N)ccc2cccnc12.O.S.[Ac]. The number of carbonyl (C=O) groups excluding carboxylic acids is 3. The number of amidine groups is 3. The van der Waals surface area contributed by atoms with Gasteiger partial charge in [-0.15, -0.1) is 0 Å². The zero-order valence-corrected chi connectivity index (χ0v) is 53.0. The molecule has 9 N–H and O–H groups in total. The minimum absolute atomic E-state index is 0. The summed E-state index contributed by atoms with van der Waals surface area (Å²) < 4.78 is 12.8. The van der Waals surface area contributed by atoms with Gasteiger partial charge in [-0.1, -0.05) is 47.8 Å². The molecule has 71 heavy (non-hydrogen) atoms. The van der Waals surface area contributed by atoms with Gasteiger partial charge in [0, 0.05) is 161 Å². The number of hydrogen-bond donors (Lipinski definition) is 6. The van der Waals surface area contributed by atoms with Crippen LogP contribution in [0.5, 0.6) is 0 Å². The van der Waals surface area contributed by atoms with E-state index in [4.69, 9.17) is 5.73 Å². The molecule has 27 heteroatoms. The molecule has 0 saturated heterocycles. The molecule has 0 unspecified atom stereocenters. The van der Waals surface area contributed by atoms with Crippen LogP contribution in [0.2, 0.25) is 0 Å². The van der Waals surface area contributed by atoms with E-state index in [-0.39, 0.29) is 63.0 Å². The number of rotatable bonds is 1. The van der Waals surface area contributed by atoms with Crippen molar-refractivity contribution in [1.29, 1.82) is 0 Å². The van der Waals surface area contributed by atoms with Crippen LogP contribution in [-0.4, -0.2) is 174 Å². The minimum Gasteiger partial charge on any atom is -0.457 e. The topological polar surface area (TPSA) is 278 Å². The summed E-state index contributed by atoms with van der Waals surface area (Å²) in [7, 11) is 21.1. The maximum absolute atomic E-state index is 10.9. The molecule has 2 heterocycles. The fraction of sp³-hybridized carbons (Fsp3) is 0.409. The average Bonchev–Trinajstić information content (AvgIpc) is 3.38. The molecule has 0 fully saturated rings. The van der Waals surface area contributed by atoms with Crippen LogP contribution in [0.25, 0.3) is 21.8 Å². The van der Waals surface area contributed by atoms with E-state index in [9.17, 15) is 14.4 Å². The van der Waals surface area contributed by atoms with Crippen molar-refractivity contribution in [1.82, 2.24) is 41.0 Å². The number of thiocarbonyl (C=S) groups is 1. The molecule has 0 aliphatic rings. The third-order valence-electron chi connectivity index (χ3n) is 8.40. The fourth-order valence-electron chi connectivity index (χ4n) is 4.53. The Kier molecular flexibility index (Phi) is 52.6. The second kappa shape index (κ2) is 47.9. The Labute approximate surface area is 481 Å². The van der Waals surface area contributed by atoms with Gasteiger partial charge in [0.15, 0.2) is 21.4 Å². The van der Waals surface area contributed by atoms with Crippen molar-refractivity contribution in [2.45, 2.75) is 20.8 Å². The number of carbonyl (C=O) groups is 3. The van der Waals surface area contributed by atoms with E-state index in [0.29, 0.717) is 16.1 Å². The number of aliphatic imine (C=N–C) groups is 4. The summed E-state index contributed by atoms with van der Waals surface area (Å²) in [5, 5.41) is 19.2. The first-order chi connectivity index (χ1) is 32.3. The molecule has 2 amide bonds. The third-order valence-corrected chi connectivity index (χ3v) is 10.6. The van der Waals surface area contributed by atoms with Crippen molar-refractivity contribution >= 4 is 139 Å². The number of nitrogen functional groups attached to an aromatic ring is 1. The van der Waals surface area contributed by atoms with E-state index in [0.717, 1.165) is 55.4 Å². The van der Waals surface area contributed by atoms with Gasteiger partial charge in [0.2, 0.25) is 0 Å². The summed E-state index contributed by atoms with van der Waals surface area (Å²) in [5.74, 6) is 1.37. The van der Waals surface area contributed by atoms with Crippen LogP contribution >= 0.6 is 60.8 Å². The van der Waals surface area contributed by atoms with Crippen LogP contribution in [0, 0.1) is 57.9 Å². The third kappa shape index (κ3) is 33.0. The number of methoxy groups -OCH3 is 3. The molecule has 1 radical (unpaired) electrons. The molecule has 2 aromatic carbocycles. The molecular formula is C44H75AcClN14O7S4. The number of benzene rings is 2. The summed E-state index contributed by atoms with van der Waals surface area (Å²) in [4.78, 5) is 58.0. The summed E-state index contributed by atoms with van der Waals surface area (Å²) in [6.45, 7) is 5.78. The number of anilines is 2. The maximum Gasteiger partial charge on any atom is 0.415 e. The van der Waals surface area contributed by atoms with E-state index in [2.05, 4.69) is 114 Å². The van der Waals surface area contributed by atoms with Gasteiger partial charge < -0.3 is 52.0 Å². The Morgan fingerprint density at radius 3 is 1.49 bits per heavy atom. The van der Waals surface area contributed by atoms with Gasteiger partial charge in [0.05, 0.1) is 32.4 Å². The van der Waals surface area contributed by atoms with Crippen molar-refractivity contribution in [2.24, 2.45) is 20.0 Å². The summed E-state index contributed by atoms with van der Waals surface area (Å²) in [6.07, 6.45) is 6.63. The van der Waals surface area contributed by atoms with Crippen LogP contribution in [0.1, 0.15) is 18.1 Å². The number of ether oxygens (including phenoxy) is 3. The van der Waals surface area contributed by atoms with E-state index in [1.54, 1.807) is 81.3 Å². The van der Waals surface area contributed by atoms with Crippen molar-refractivity contribution < 1.29 is 78.1 Å². The normalized spacial score (nSPS) is 10.0. The molecule has 21 nitrogen and oxygen atoms in total. The van der Waals surface area contributed by atoms with E-state index >= 15 is 0 Å². The van der Waals surface area contributed by atoms with Crippen molar-refractivity contribution in [3.05, 3.63) is 72.1 Å². The Hall–Kier alpha value is -4.42.